The largest absolute Gasteiger partial charge is 0.197 e. The zero-order valence-corrected chi connectivity index (χ0v) is 10.0. The number of hydrogen-bond donors (Lipinski definition) is 0. The Bertz CT molecular complexity index is 8.00. The van der Waals surface area contributed by atoms with Crippen molar-refractivity contribution < 1.29 is 0 Å². The number of hydrogen-bond acceptors (Lipinski definition) is 0. The first-order chi connectivity index (χ1) is 0. The second-order valence-corrected chi connectivity index (χ2v) is 0. The van der Waals surface area contributed by atoms with Crippen LogP contribution in [0.4, 0.5) is 0 Å². The van der Waals surface area contributed by atoms with Gasteiger partial charge in [0, 0.05) is 100 Å². The van der Waals surface area contributed by atoms with E-state index < -0.39 is 0 Å². The molecule has 7 radical (unpaired) electrons. The van der Waals surface area contributed by atoms with Crippen LogP contribution in [-0.4, -0.2) is 100 Å². The Morgan fingerprint density at radius 1 is 1.00 bits per heavy atom. The molecule has 0 atom stereocenters. The van der Waals surface area contributed by atoms with Crippen molar-refractivity contribution >= 4 is 114 Å². The molecule has 0 bridgehead atoms. The average Bonchev–Trinajstić information content (AvgIpc) is 0. The molecule has 0 saturated carbocycles. The molecule has 0 rings (SSSR count). The minimum absolute atomic E-state index is 0. The molecule has 4 heavy (non-hydrogen) atoms. The Kier molecular flexibility index (Phi) is 105. The molecule has 0 unspecified atom stereocenters. The molecule has 0 saturated heterocycles. The van der Waals surface area contributed by atoms with Crippen LogP contribution in [0.3, 0.4) is 0 Å². The molecule has 15 valence electrons. The van der Waals surface area contributed by atoms with E-state index in [0.29, 0.717) is 0 Å². The van der Waals surface area contributed by atoms with E-state index in [0.717, 1.165) is 0 Å². The van der Waals surface area contributed by atoms with Crippen molar-refractivity contribution in [1.82, 2.24) is 0 Å². The maximum Gasteiger partial charge on any atom is 0 e. The molecule has 0 heterocycles. The summed E-state index contributed by atoms with van der Waals surface area (Å²) < 4.78 is 0. The Morgan fingerprint density at radius 2 is 1.00 bits per heavy atom. The van der Waals surface area contributed by atoms with Gasteiger partial charge in [-0.25, -0.2) is 0 Å². The molecule has 0 N–H and O–H groups in total. The summed E-state index contributed by atoms with van der Waals surface area (Å²) in [7, 11) is 0. The summed E-state index contributed by atoms with van der Waals surface area (Å²) in [6.07, 6.45) is 0. The normalized spacial score (nSPS) is 0. The summed E-state index contributed by atoms with van der Waals surface area (Å²) in [5, 5.41) is 0. The minimum atomic E-state index is 0. The first-order valence-electron chi connectivity index (χ1n) is 0. The van der Waals surface area contributed by atoms with Crippen molar-refractivity contribution in [3.8, 4) is 0 Å². The quantitative estimate of drug-likeness (QED) is 0.379. The predicted octanol–water partition coefficient (Wildman–Crippen LogP) is -1.03. The second-order valence-electron chi connectivity index (χ2n) is 0. The van der Waals surface area contributed by atoms with Gasteiger partial charge < -0.3 is 0 Å². The summed E-state index contributed by atoms with van der Waals surface area (Å²) in [5.74, 6) is 0. The van der Waals surface area contributed by atoms with E-state index in [1.165, 1.54) is 0 Å². The third kappa shape index (κ3) is 9.07. The summed E-state index contributed by atoms with van der Waals surface area (Å²) >= 11 is 0. The molecule has 0 amide bonds. The molecular weight excluding hydrogens is 139 g/mol. The fraction of sp³-hybridized carbons (Fsp3) is 0. The molecule has 0 aromatic rings. The van der Waals surface area contributed by atoms with Crippen LogP contribution in [0, 0.1) is 0 Å². The number of rotatable bonds is 0. The van der Waals surface area contributed by atoms with E-state index in [2.05, 4.69) is 0 Å². The van der Waals surface area contributed by atoms with Gasteiger partial charge in [0.15, 0.2) is 0 Å². The van der Waals surface area contributed by atoms with Crippen LogP contribution >= 0.6 is 13.5 Å². The molecule has 0 aromatic heterocycles. The standard InChI is InChI=1S/Ca.K.H2S.Si/h;;1H2;. The Labute approximate surface area is 110 Å². The zero-order chi connectivity index (χ0) is 0. The Hall–Kier alpha value is 3.46. The Morgan fingerprint density at radius 3 is 1.00 bits per heavy atom. The maximum absolute atomic E-state index is 0. The van der Waals surface area contributed by atoms with Crippen molar-refractivity contribution in [3.05, 3.63) is 0 Å². The fourth-order valence-electron chi connectivity index (χ4n) is 0. The van der Waals surface area contributed by atoms with E-state index in [-0.39, 0.29) is 114 Å². The van der Waals surface area contributed by atoms with E-state index >= 15 is 0 Å². The van der Waals surface area contributed by atoms with Crippen molar-refractivity contribution in [2.24, 2.45) is 0 Å². The second kappa shape index (κ2) is 16.1. The van der Waals surface area contributed by atoms with Crippen LogP contribution in [-0.2, 0) is 0 Å². The van der Waals surface area contributed by atoms with E-state index in [4.69, 9.17) is 0 Å². The van der Waals surface area contributed by atoms with Crippen LogP contribution in [0.5, 0.6) is 0 Å². The molecule has 4 heteroatoms. The topological polar surface area (TPSA) is 0 Å². The molecule has 0 aliphatic heterocycles. The fourth-order valence-corrected chi connectivity index (χ4v) is 0. The molecular formula is H2CaKSSi. The first kappa shape index (κ1) is 26.0. The van der Waals surface area contributed by atoms with Crippen molar-refractivity contribution in [3.63, 3.8) is 0 Å². The molecule has 0 aliphatic rings. The first-order valence-corrected chi connectivity index (χ1v) is 0. The van der Waals surface area contributed by atoms with E-state index in [9.17, 15) is 0 Å². The third-order valence-corrected chi connectivity index (χ3v) is 0. The smallest absolute Gasteiger partial charge is 0 e. The van der Waals surface area contributed by atoms with Gasteiger partial charge in [0.1, 0.15) is 0 Å². The van der Waals surface area contributed by atoms with Crippen molar-refractivity contribution in [2.45, 2.75) is 0 Å². The molecule has 0 fully saturated rings. The van der Waals surface area contributed by atoms with Crippen molar-refractivity contribution in [1.29, 1.82) is 0 Å². The van der Waals surface area contributed by atoms with Gasteiger partial charge in [-0.1, -0.05) is 0 Å². The third-order valence-electron chi connectivity index (χ3n) is 0. The molecule has 0 nitrogen and oxygen atoms in total. The van der Waals surface area contributed by atoms with Gasteiger partial charge in [-0.05, 0) is 0 Å². The van der Waals surface area contributed by atoms with E-state index in [1.54, 1.807) is 0 Å². The van der Waals surface area contributed by atoms with Crippen LogP contribution in [0.2, 0.25) is 0 Å². The van der Waals surface area contributed by atoms with Gasteiger partial charge in [0.25, 0.3) is 0 Å². The van der Waals surface area contributed by atoms with Crippen LogP contribution in [0.1, 0.15) is 0 Å². The predicted molar refractivity (Wildman–Crippen MR) is 27.6 cm³/mol. The molecule has 0 spiro atoms. The molecule has 0 aliphatic carbocycles. The van der Waals surface area contributed by atoms with Gasteiger partial charge in [0.05, 0.1) is 0 Å². The van der Waals surface area contributed by atoms with Crippen LogP contribution < -0.4 is 0 Å². The van der Waals surface area contributed by atoms with Gasteiger partial charge >= 0.3 is 0 Å². The van der Waals surface area contributed by atoms with Gasteiger partial charge in [-0.15, -0.1) is 0 Å². The summed E-state index contributed by atoms with van der Waals surface area (Å²) in [5.41, 5.74) is 0. The summed E-state index contributed by atoms with van der Waals surface area (Å²) in [6, 6.07) is 0. The van der Waals surface area contributed by atoms with Crippen LogP contribution in [0.15, 0.2) is 0 Å². The summed E-state index contributed by atoms with van der Waals surface area (Å²) in [4.78, 5) is 0. The minimum Gasteiger partial charge on any atom is -0.197 e. The zero-order valence-electron chi connectivity index (χ0n) is 2.71. The maximum atomic E-state index is 0. The van der Waals surface area contributed by atoms with Crippen molar-refractivity contribution in [2.75, 3.05) is 0 Å². The van der Waals surface area contributed by atoms with Gasteiger partial charge in [-0.2, -0.15) is 13.5 Å². The summed E-state index contributed by atoms with van der Waals surface area (Å²) in [6.45, 7) is 0. The van der Waals surface area contributed by atoms with Crippen LogP contribution in [0.25, 0.3) is 0 Å². The SMILES string of the molecule is S.[Ca].[K].[Si]. The average molecular weight is 141 g/mol. The van der Waals surface area contributed by atoms with Gasteiger partial charge in [-0.3, -0.25) is 0 Å². The van der Waals surface area contributed by atoms with Gasteiger partial charge in [0.2, 0.25) is 0 Å². The monoisotopic (exact) mass is 141 g/mol. The van der Waals surface area contributed by atoms with E-state index in [1.807, 2.05) is 0 Å². The molecule has 0 aromatic carbocycles. The Balaban J connectivity index is 0.